The first-order valence-corrected chi connectivity index (χ1v) is 15.6. The zero-order valence-electron chi connectivity index (χ0n) is 21.2. The van der Waals surface area contributed by atoms with Gasteiger partial charge < -0.3 is 41.3 Å². The van der Waals surface area contributed by atoms with Gasteiger partial charge in [0, 0.05) is 18.7 Å². The van der Waals surface area contributed by atoms with E-state index in [0.717, 1.165) is 4.57 Å². The van der Waals surface area contributed by atoms with Crippen molar-refractivity contribution in [3.05, 3.63) is 33.1 Å². The second kappa shape index (κ2) is 17.8. The second-order valence-corrected chi connectivity index (χ2v) is 12.5. The Morgan fingerprint density at radius 3 is 1.97 bits per heavy atom. The SMILES string of the molecule is CC[NH+](CC)CC.CC[NH+](CC)CC.O=c1ccn([C@H]2C[C@H](O)[C@@H](COP([O-])(=S)[S-])O2)c(=O)[nH]1. The highest BCUT2D eigenvalue weighted by molar-refractivity contribution is 8.50. The Morgan fingerprint density at radius 1 is 1.15 bits per heavy atom. The lowest BCUT2D eigenvalue weighted by molar-refractivity contribution is -0.894. The molecule has 0 amide bonds. The van der Waals surface area contributed by atoms with Gasteiger partial charge in [0.25, 0.3) is 5.56 Å². The van der Waals surface area contributed by atoms with E-state index in [1.807, 2.05) is 0 Å². The maximum Gasteiger partial charge on any atom is 0.330 e. The smallest absolute Gasteiger partial charge is 0.330 e. The summed E-state index contributed by atoms with van der Waals surface area (Å²) >= 11 is 8.86. The molecule has 1 aliphatic rings. The number of aromatic amines is 1. The van der Waals surface area contributed by atoms with Crippen LogP contribution in [-0.2, 0) is 33.3 Å². The van der Waals surface area contributed by atoms with Gasteiger partial charge >= 0.3 is 5.69 Å². The minimum Gasteiger partial charge on any atom is -0.819 e. The summed E-state index contributed by atoms with van der Waals surface area (Å²) in [6.07, 6.45) is -1.07. The number of aliphatic hydroxyl groups is 1. The number of nitrogens with zero attached hydrogens (tertiary/aromatic N) is 1. The number of aromatic nitrogens is 2. The summed E-state index contributed by atoms with van der Waals surface area (Å²) in [5.41, 5.74) is -4.66. The quantitative estimate of drug-likeness (QED) is 0.202. The van der Waals surface area contributed by atoms with Crippen LogP contribution in [0.1, 0.15) is 54.2 Å². The molecule has 0 bridgehead atoms. The molecule has 1 aromatic heterocycles. The molecular formula is C21H43N4O6PS2. The molecule has 1 unspecified atom stereocenters. The lowest BCUT2D eigenvalue weighted by Gasteiger charge is -2.36. The molecule has 1 fully saturated rings. The molecule has 0 saturated carbocycles. The van der Waals surface area contributed by atoms with Crippen molar-refractivity contribution < 1.29 is 29.1 Å². The van der Waals surface area contributed by atoms with E-state index in [9.17, 15) is 19.6 Å². The molecule has 0 radical (unpaired) electrons. The van der Waals surface area contributed by atoms with Gasteiger partial charge in [-0.1, -0.05) is 0 Å². The highest BCUT2D eigenvalue weighted by Crippen LogP contribution is 2.36. The Bertz CT molecular complexity index is 803. The van der Waals surface area contributed by atoms with E-state index in [1.54, 1.807) is 9.80 Å². The second-order valence-electron chi connectivity index (χ2n) is 7.81. The van der Waals surface area contributed by atoms with Crippen molar-refractivity contribution in [3.8, 4) is 0 Å². The highest BCUT2D eigenvalue weighted by Gasteiger charge is 2.35. The van der Waals surface area contributed by atoms with Gasteiger partial charge in [-0.05, 0) is 41.5 Å². The predicted molar refractivity (Wildman–Crippen MR) is 139 cm³/mol. The molecule has 1 aliphatic heterocycles. The van der Waals surface area contributed by atoms with Crippen LogP contribution in [0.3, 0.4) is 0 Å². The number of aliphatic hydroxyl groups excluding tert-OH is 1. The van der Waals surface area contributed by atoms with Gasteiger partial charge in [-0.15, -0.1) is 17.5 Å². The minimum atomic E-state index is -3.49. The molecular weight excluding hydrogens is 499 g/mol. The normalized spacial score (nSPS) is 21.4. The maximum absolute atomic E-state index is 11.6. The lowest BCUT2D eigenvalue weighted by Crippen LogP contribution is -3.11. The number of quaternary nitrogens is 2. The van der Waals surface area contributed by atoms with Gasteiger partial charge in [0.15, 0.2) is 0 Å². The van der Waals surface area contributed by atoms with Crippen LogP contribution in [0.4, 0.5) is 0 Å². The van der Waals surface area contributed by atoms with E-state index in [1.165, 1.54) is 51.5 Å². The topological polar surface area (TPSA) is 125 Å². The maximum atomic E-state index is 11.6. The molecule has 1 aromatic rings. The number of ether oxygens (including phenoxy) is 1. The monoisotopic (exact) mass is 542 g/mol. The zero-order valence-corrected chi connectivity index (χ0v) is 23.8. The van der Waals surface area contributed by atoms with Crippen molar-refractivity contribution in [2.45, 2.75) is 66.4 Å². The summed E-state index contributed by atoms with van der Waals surface area (Å²) in [6, 6.07) is 1.17. The lowest BCUT2D eigenvalue weighted by atomic mass is 10.2. The fourth-order valence-electron chi connectivity index (χ4n) is 3.35. The summed E-state index contributed by atoms with van der Waals surface area (Å²) < 4.78 is 11.3. The predicted octanol–water partition coefficient (Wildman–Crippen LogP) is -1.80. The van der Waals surface area contributed by atoms with E-state index in [2.05, 4.69) is 70.6 Å². The Balaban J connectivity index is 0.000000642. The number of hydrogen-bond donors (Lipinski definition) is 4. The fourth-order valence-corrected chi connectivity index (χ4v) is 4.05. The first-order chi connectivity index (χ1) is 16.0. The molecule has 0 aromatic carbocycles. The fraction of sp³-hybridized carbons (Fsp3) is 0.810. The first-order valence-electron chi connectivity index (χ1n) is 11.9. The summed E-state index contributed by atoms with van der Waals surface area (Å²) in [7, 11) is 0. The van der Waals surface area contributed by atoms with E-state index in [-0.39, 0.29) is 13.0 Å². The van der Waals surface area contributed by atoms with Crippen molar-refractivity contribution in [2.75, 3.05) is 45.9 Å². The van der Waals surface area contributed by atoms with E-state index in [0.29, 0.717) is 0 Å². The van der Waals surface area contributed by atoms with Crippen LogP contribution < -0.4 is 25.9 Å². The standard InChI is InChI=1S/C9H13N2O6PS2.2C6H15N/c12-5-3-8(11-2-1-7(13)10-9(11)14)17-6(5)4-16-18(15,19)20;2*1-4-7(5-2)6-3/h1-2,5-6,8,12H,3-4H2,(H,10,13,14)(H2,15,19,20);2*4-6H2,1-3H3/t5-,6+,8+;;/m0../s1. The molecule has 0 aliphatic carbocycles. The van der Waals surface area contributed by atoms with Crippen molar-refractivity contribution in [2.24, 2.45) is 0 Å². The molecule has 1 saturated heterocycles. The molecule has 34 heavy (non-hydrogen) atoms. The summed E-state index contributed by atoms with van der Waals surface area (Å²) in [6.45, 7) is 20.8. The van der Waals surface area contributed by atoms with Crippen LogP contribution in [0, 0.1) is 0 Å². The number of H-pyrrole nitrogens is 1. The van der Waals surface area contributed by atoms with Crippen LogP contribution in [0.5, 0.6) is 0 Å². The molecule has 2 rings (SSSR count). The molecule has 10 nitrogen and oxygen atoms in total. The molecule has 4 atom stereocenters. The molecule has 4 N–H and O–H groups in total. The summed E-state index contributed by atoms with van der Waals surface area (Å²) in [5.74, 6) is 0. The van der Waals surface area contributed by atoms with Gasteiger partial charge in [0.05, 0.1) is 52.0 Å². The third-order valence-corrected chi connectivity index (χ3v) is 6.86. The average Bonchev–Trinajstić information content (AvgIpc) is 3.15. The Kier molecular flexibility index (Phi) is 17.5. The minimum absolute atomic E-state index is 0.124. The van der Waals surface area contributed by atoms with E-state index >= 15 is 0 Å². The Morgan fingerprint density at radius 2 is 1.62 bits per heavy atom. The van der Waals surface area contributed by atoms with E-state index < -0.39 is 35.4 Å². The van der Waals surface area contributed by atoms with Crippen LogP contribution in [0.25, 0.3) is 0 Å². The van der Waals surface area contributed by atoms with Gasteiger partial charge in [0.2, 0.25) is 0 Å². The van der Waals surface area contributed by atoms with Gasteiger partial charge in [0.1, 0.15) is 12.3 Å². The van der Waals surface area contributed by atoms with Gasteiger partial charge in [-0.3, -0.25) is 14.3 Å². The zero-order chi connectivity index (χ0) is 26.3. The van der Waals surface area contributed by atoms with Gasteiger partial charge in [-0.25, -0.2) is 4.79 Å². The van der Waals surface area contributed by atoms with Crippen LogP contribution >= 0.6 is 5.69 Å². The third-order valence-electron chi connectivity index (χ3n) is 5.76. The first kappa shape index (κ1) is 33.4. The largest absolute Gasteiger partial charge is 0.819 e. The van der Waals surface area contributed by atoms with Crippen molar-refractivity contribution in [1.82, 2.24) is 9.55 Å². The average molecular weight is 543 g/mol. The van der Waals surface area contributed by atoms with Crippen LogP contribution in [0.2, 0.25) is 0 Å². The molecule has 13 heteroatoms. The third kappa shape index (κ3) is 13.5. The van der Waals surface area contributed by atoms with E-state index in [4.69, 9.17) is 9.26 Å². The molecule has 200 valence electrons. The van der Waals surface area contributed by atoms with Crippen molar-refractivity contribution in [1.29, 1.82) is 0 Å². The van der Waals surface area contributed by atoms with Crippen LogP contribution in [0.15, 0.2) is 21.9 Å². The molecule has 0 spiro atoms. The number of nitrogens with one attached hydrogen (secondary N) is 3. The molecule has 2 heterocycles. The van der Waals surface area contributed by atoms with Gasteiger partial charge in [-0.2, -0.15) is 0 Å². The Hall–Kier alpha value is -0.560. The van der Waals surface area contributed by atoms with Crippen molar-refractivity contribution >= 4 is 29.7 Å². The summed E-state index contributed by atoms with van der Waals surface area (Å²) in [5, 5.41) is 9.81. The highest BCUT2D eigenvalue weighted by atomic mass is 32.9. The summed E-state index contributed by atoms with van der Waals surface area (Å²) in [4.78, 5) is 39.1. The number of hydrogen-bond acceptors (Lipinski definition) is 8. The number of rotatable bonds is 10. The Labute approximate surface area is 213 Å². The van der Waals surface area contributed by atoms with Crippen LogP contribution in [-0.4, -0.2) is 72.7 Å². The van der Waals surface area contributed by atoms with Crippen molar-refractivity contribution in [3.63, 3.8) is 0 Å².